The number of nitro benzene ring substituents is 1. The van der Waals surface area contributed by atoms with Gasteiger partial charge in [-0.05, 0) is 13.0 Å². The molecule has 3 aromatic rings. The largest absolute Gasteiger partial charge is 0.452 e. The van der Waals surface area contributed by atoms with E-state index in [9.17, 15) is 23.3 Å². The van der Waals surface area contributed by atoms with Crippen molar-refractivity contribution >= 4 is 39.8 Å². The molecular weight excluding hydrogens is 408 g/mol. The molecule has 0 atom stereocenters. The van der Waals surface area contributed by atoms with Gasteiger partial charge in [-0.3, -0.25) is 10.1 Å². The van der Waals surface area contributed by atoms with Gasteiger partial charge < -0.3 is 4.74 Å². The number of nitro groups is 1. The summed E-state index contributed by atoms with van der Waals surface area (Å²) >= 11 is 11.9. The Bertz CT molecular complexity index is 1050. The summed E-state index contributed by atoms with van der Waals surface area (Å²) in [6.45, 7) is 1.45. The SMILES string of the molecule is Cc1c(Oc2c(Cl)cc([N+](=O)[O-])cc2Cl)c(C(F)(F)F)nc2ccccc12. The van der Waals surface area contributed by atoms with Crippen LogP contribution in [-0.2, 0) is 6.18 Å². The molecule has 0 spiro atoms. The molecule has 0 bridgehead atoms. The van der Waals surface area contributed by atoms with Crippen molar-refractivity contribution in [2.24, 2.45) is 0 Å². The van der Waals surface area contributed by atoms with Gasteiger partial charge in [0.15, 0.2) is 17.2 Å². The number of benzene rings is 2. The number of para-hydroxylation sites is 1. The predicted octanol–water partition coefficient (Wildman–Crippen LogP) is 6.57. The fourth-order valence-corrected chi connectivity index (χ4v) is 3.08. The molecule has 1 heterocycles. The molecule has 0 aliphatic rings. The normalized spacial score (nSPS) is 11.6. The number of hydrogen-bond acceptors (Lipinski definition) is 4. The number of aryl methyl sites for hydroxylation is 1. The molecule has 0 aliphatic carbocycles. The molecule has 2 aromatic carbocycles. The summed E-state index contributed by atoms with van der Waals surface area (Å²) < 4.78 is 46.0. The highest BCUT2D eigenvalue weighted by Crippen LogP contribution is 2.45. The fourth-order valence-electron chi connectivity index (χ4n) is 2.53. The molecule has 0 N–H and O–H groups in total. The second-order valence-electron chi connectivity index (χ2n) is 5.53. The maximum Gasteiger partial charge on any atom is 0.437 e. The second kappa shape index (κ2) is 6.86. The Balaban J connectivity index is 2.23. The molecule has 27 heavy (non-hydrogen) atoms. The maximum absolute atomic E-state index is 13.5. The average Bonchev–Trinajstić information content (AvgIpc) is 2.58. The second-order valence-corrected chi connectivity index (χ2v) is 6.34. The summed E-state index contributed by atoms with van der Waals surface area (Å²) in [5, 5.41) is 10.7. The van der Waals surface area contributed by atoms with E-state index in [2.05, 4.69) is 4.98 Å². The van der Waals surface area contributed by atoms with Crippen LogP contribution < -0.4 is 4.74 Å². The van der Waals surface area contributed by atoms with Crippen LogP contribution in [0.2, 0.25) is 10.0 Å². The van der Waals surface area contributed by atoms with Crippen molar-refractivity contribution in [2.45, 2.75) is 13.1 Å². The Kier molecular flexibility index (Phi) is 4.88. The smallest absolute Gasteiger partial charge is 0.437 e. The quantitative estimate of drug-likeness (QED) is 0.357. The van der Waals surface area contributed by atoms with Crippen LogP contribution >= 0.6 is 23.2 Å². The minimum atomic E-state index is -4.80. The van der Waals surface area contributed by atoms with E-state index in [0.717, 1.165) is 12.1 Å². The number of pyridine rings is 1. The van der Waals surface area contributed by atoms with Gasteiger partial charge in [0.05, 0.1) is 20.5 Å². The molecule has 0 fully saturated rings. The van der Waals surface area contributed by atoms with Gasteiger partial charge in [-0.1, -0.05) is 41.4 Å². The molecule has 0 amide bonds. The monoisotopic (exact) mass is 416 g/mol. The maximum atomic E-state index is 13.5. The highest BCUT2D eigenvalue weighted by atomic mass is 35.5. The zero-order chi connectivity index (χ0) is 19.9. The Morgan fingerprint density at radius 3 is 2.26 bits per heavy atom. The number of hydrogen-bond donors (Lipinski definition) is 0. The van der Waals surface area contributed by atoms with E-state index in [1.807, 2.05) is 0 Å². The van der Waals surface area contributed by atoms with Crippen LogP contribution in [0.4, 0.5) is 18.9 Å². The first-order chi connectivity index (χ1) is 12.6. The third-order valence-corrected chi connectivity index (χ3v) is 4.32. The lowest BCUT2D eigenvalue weighted by atomic mass is 10.1. The summed E-state index contributed by atoms with van der Waals surface area (Å²) in [7, 11) is 0. The molecule has 5 nitrogen and oxygen atoms in total. The molecule has 0 aliphatic heterocycles. The van der Waals surface area contributed by atoms with Crippen molar-refractivity contribution in [2.75, 3.05) is 0 Å². The van der Waals surface area contributed by atoms with Crippen LogP contribution in [0.25, 0.3) is 10.9 Å². The van der Waals surface area contributed by atoms with E-state index in [4.69, 9.17) is 27.9 Å². The minimum Gasteiger partial charge on any atom is -0.452 e. The number of nitrogens with zero attached hydrogens (tertiary/aromatic N) is 2. The third kappa shape index (κ3) is 3.63. The van der Waals surface area contributed by atoms with Gasteiger partial charge in [0.1, 0.15) is 0 Å². The van der Waals surface area contributed by atoms with Crippen LogP contribution in [-0.4, -0.2) is 9.91 Å². The highest BCUT2D eigenvalue weighted by molar-refractivity contribution is 6.37. The number of alkyl halides is 3. The van der Waals surface area contributed by atoms with Crippen molar-refractivity contribution < 1.29 is 22.8 Å². The number of fused-ring (bicyclic) bond motifs is 1. The number of non-ortho nitro benzene ring substituents is 1. The van der Waals surface area contributed by atoms with Crippen molar-refractivity contribution in [3.05, 3.63) is 67.8 Å². The summed E-state index contributed by atoms with van der Waals surface area (Å²) in [6, 6.07) is 8.16. The predicted molar refractivity (Wildman–Crippen MR) is 94.7 cm³/mol. The number of aromatic nitrogens is 1. The van der Waals surface area contributed by atoms with Crippen molar-refractivity contribution in [3.63, 3.8) is 0 Å². The Hall–Kier alpha value is -2.58. The number of halogens is 5. The molecule has 1 aromatic heterocycles. The van der Waals surface area contributed by atoms with Gasteiger partial charge in [0.2, 0.25) is 0 Å². The van der Waals surface area contributed by atoms with Crippen LogP contribution in [0.1, 0.15) is 11.3 Å². The molecule has 3 rings (SSSR count). The van der Waals surface area contributed by atoms with Crippen LogP contribution in [0.15, 0.2) is 36.4 Å². The standard InChI is InChI=1S/C17H9Cl2F3N2O3/c1-8-10-4-2-3-5-13(10)23-16(17(20,21)22)14(8)27-15-11(18)6-9(24(25)26)7-12(15)19/h2-7H,1H3. The van der Waals surface area contributed by atoms with Crippen molar-refractivity contribution in [1.29, 1.82) is 0 Å². The van der Waals surface area contributed by atoms with Gasteiger partial charge in [-0.25, -0.2) is 4.98 Å². The summed E-state index contributed by atoms with van der Waals surface area (Å²) in [5.74, 6) is -0.895. The summed E-state index contributed by atoms with van der Waals surface area (Å²) in [5.41, 5.74) is -1.33. The Labute approximate surface area is 160 Å². The molecule has 140 valence electrons. The average molecular weight is 417 g/mol. The van der Waals surface area contributed by atoms with E-state index in [1.54, 1.807) is 18.2 Å². The van der Waals surface area contributed by atoms with Gasteiger partial charge in [0.25, 0.3) is 5.69 Å². The first-order valence-electron chi connectivity index (χ1n) is 7.37. The van der Waals surface area contributed by atoms with Crippen molar-refractivity contribution in [3.8, 4) is 11.5 Å². The summed E-state index contributed by atoms with van der Waals surface area (Å²) in [6.07, 6.45) is -4.80. The molecule has 0 unspecified atom stereocenters. The molecular formula is C17H9Cl2F3N2O3. The zero-order valence-corrected chi connectivity index (χ0v) is 15.0. The van der Waals surface area contributed by atoms with E-state index >= 15 is 0 Å². The highest BCUT2D eigenvalue weighted by Gasteiger charge is 2.38. The van der Waals surface area contributed by atoms with Gasteiger partial charge in [0, 0.05) is 23.1 Å². The van der Waals surface area contributed by atoms with E-state index in [-0.39, 0.29) is 26.9 Å². The number of ether oxygens (including phenoxy) is 1. The molecule has 0 saturated carbocycles. The van der Waals surface area contributed by atoms with Crippen LogP contribution in [0.5, 0.6) is 11.5 Å². The third-order valence-electron chi connectivity index (χ3n) is 3.76. The van der Waals surface area contributed by atoms with Crippen LogP contribution in [0.3, 0.4) is 0 Å². The van der Waals surface area contributed by atoms with E-state index in [0.29, 0.717) is 5.39 Å². The van der Waals surface area contributed by atoms with Gasteiger partial charge in [-0.15, -0.1) is 0 Å². The topological polar surface area (TPSA) is 65.3 Å². The van der Waals surface area contributed by atoms with Gasteiger partial charge >= 0.3 is 6.18 Å². The van der Waals surface area contributed by atoms with Crippen molar-refractivity contribution in [1.82, 2.24) is 4.98 Å². The molecule has 0 saturated heterocycles. The minimum absolute atomic E-state index is 0.149. The lowest BCUT2D eigenvalue weighted by Gasteiger charge is -2.18. The zero-order valence-electron chi connectivity index (χ0n) is 13.5. The van der Waals surface area contributed by atoms with Gasteiger partial charge in [-0.2, -0.15) is 13.2 Å². The lowest BCUT2D eigenvalue weighted by Crippen LogP contribution is -2.12. The van der Waals surface area contributed by atoms with E-state index in [1.165, 1.54) is 13.0 Å². The first-order valence-corrected chi connectivity index (χ1v) is 8.13. The Morgan fingerprint density at radius 2 is 1.70 bits per heavy atom. The van der Waals surface area contributed by atoms with Crippen LogP contribution in [0, 0.1) is 17.0 Å². The number of rotatable bonds is 3. The lowest BCUT2D eigenvalue weighted by molar-refractivity contribution is -0.384. The molecule has 10 heteroatoms. The molecule has 0 radical (unpaired) electrons. The Morgan fingerprint density at radius 1 is 1.11 bits per heavy atom. The summed E-state index contributed by atoms with van der Waals surface area (Å²) in [4.78, 5) is 13.8. The fraction of sp³-hybridized carbons (Fsp3) is 0.118. The van der Waals surface area contributed by atoms with E-state index < -0.39 is 28.2 Å². The first kappa shape index (κ1) is 19.2.